The van der Waals surface area contributed by atoms with Gasteiger partial charge in [-0.15, -0.1) is 0 Å². The molecule has 3 N–H and O–H groups in total. The van der Waals surface area contributed by atoms with Crippen molar-refractivity contribution in [3.8, 4) is 0 Å². The minimum absolute atomic E-state index is 0.0255. The Balaban J connectivity index is 1.49. The monoisotopic (exact) mass is 374 g/mol. The number of pyridine rings is 1. The summed E-state index contributed by atoms with van der Waals surface area (Å²) in [5, 5.41) is 10.6. The molecule has 1 amide bonds. The maximum Gasteiger partial charge on any atom is 0.227 e. The van der Waals surface area contributed by atoms with E-state index >= 15 is 0 Å². The molecule has 1 spiro atoms. The maximum absolute atomic E-state index is 12.7. The molecule has 4 heterocycles. The lowest BCUT2D eigenvalue weighted by Crippen LogP contribution is -2.54. The number of piperidine rings is 1. The summed E-state index contributed by atoms with van der Waals surface area (Å²) in [7, 11) is 0. The lowest BCUT2D eigenvalue weighted by Gasteiger charge is -2.46. The lowest BCUT2D eigenvalue weighted by molar-refractivity contribution is -0.260. The summed E-state index contributed by atoms with van der Waals surface area (Å²) in [5.41, 5.74) is 6.07. The molecule has 0 radical (unpaired) electrons. The van der Waals surface area contributed by atoms with Gasteiger partial charge in [-0.3, -0.25) is 4.79 Å². The van der Waals surface area contributed by atoms with Gasteiger partial charge in [-0.2, -0.15) is 0 Å². The normalized spacial score (nSPS) is 32.4. The quantitative estimate of drug-likeness (QED) is 0.788. The minimum Gasteiger partial charge on any atom is -0.384 e. The third-order valence-corrected chi connectivity index (χ3v) is 6.13. The molecule has 1 aromatic heterocycles. The zero-order chi connectivity index (χ0) is 19.4. The number of fused-ring (bicyclic) bond motifs is 2. The molecule has 7 nitrogen and oxygen atoms in total. The average molecular weight is 374 g/mol. The van der Waals surface area contributed by atoms with Crippen molar-refractivity contribution in [2.75, 3.05) is 17.2 Å². The van der Waals surface area contributed by atoms with Gasteiger partial charge < -0.3 is 20.5 Å². The fourth-order valence-corrected chi connectivity index (χ4v) is 5.18. The van der Waals surface area contributed by atoms with Crippen molar-refractivity contribution in [3.63, 3.8) is 0 Å². The highest BCUT2D eigenvalue weighted by atomic mass is 16.6. The zero-order valence-corrected chi connectivity index (χ0v) is 16.4. The molecule has 3 saturated heterocycles. The molecule has 1 aromatic rings. The van der Waals surface area contributed by atoms with Crippen LogP contribution in [-0.4, -0.2) is 51.5 Å². The van der Waals surface area contributed by atoms with Gasteiger partial charge in [-0.1, -0.05) is 0 Å². The van der Waals surface area contributed by atoms with Crippen molar-refractivity contribution >= 4 is 17.4 Å². The molecule has 27 heavy (non-hydrogen) atoms. The van der Waals surface area contributed by atoms with Gasteiger partial charge >= 0.3 is 0 Å². The number of amides is 1. The Morgan fingerprint density at radius 1 is 1.30 bits per heavy atom. The molecule has 2 bridgehead atoms. The summed E-state index contributed by atoms with van der Waals surface area (Å²) in [6.07, 6.45) is 5.29. The van der Waals surface area contributed by atoms with Crippen LogP contribution < -0.4 is 10.6 Å². The Labute approximate surface area is 160 Å². The third-order valence-electron chi connectivity index (χ3n) is 6.13. The highest BCUT2D eigenvalue weighted by Crippen LogP contribution is 2.51. The Bertz CT molecular complexity index is 701. The number of aromatic nitrogens is 1. The van der Waals surface area contributed by atoms with Crippen molar-refractivity contribution in [2.24, 2.45) is 5.41 Å². The Morgan fingerprint density at radius 3 is 2.52 bits per heavy atom. The van der Waals surface area contributed by atoms with Crippen LogP contribution in [0.4, 0.5) is 11.5 Å². The van der Waals surface area contributed by atoms with E-state index in [-0.39, 0.29) is 23.4 Å². The van der Waals surface area contributed by atoms with E-state index in [0.717, 1.165) is 31.4 Å². The summed E-state index contributed by atoms with van der Waals surface area (Å²) < 4.78 is 5.82. The van der Waals surface area contributed by atoms with Gasteiger partial charge in [-0.05, 0) is 58.6 Å². The maximum atomic E-state index is 12.7. The topological polar surface area (TPSA) is 91.9 Å². The Morgan fingerprint density at radius 2 is 1.96 bits per heavy atom. The number of nitrogens with zero attached hydrogens (tertiary/aromatic N) is 3. The molecule has 0 aromatic carbocycles. The van der Waals surface area contributed by atoms with E-state index in [1.165, 1.54) is 0 Å². The van der Waals surface area contributed by atoms with Crippen LogP contribution in [0.2, 0.25) is 0 Å². The summed E-state index contributed by atoms with van der Waals surface area (Å²) >= 11 is 0. The number of ether oxygens (including phenoxy) is 1. The first-order valence-electron chi connectivity index (χ1n) is 9.81. The predicted octanol–water partition coefficient (Wildman–Crippen LogP) is 2.10. The van der Waals surface area contributed by atoms with E-state index in [2.05, 4.69) is 9.88 Å². The second-order valence-electron chi connectivity index (χ2n) is 9.39. The SMILES string of the molecule is CC(C)(C)OC(O)N1C2CCC1CC1(CC(=O)N(c3ccc(N)nc3)C1)C2. The van der Waals surface area contributed by atoms with Crippen LogP contribution in [0, 0.1) is 5.41 Å². The van der Waals surface area contributed by atoms with E-state index in [9.17, 15) is 9.90 Å². The van der Waals surface area contributed by atoms with Crippen LogP contribution in [-0.2, 0) is 9.53 Å². The zero-order valence-electron chi connectivity index (χ0n) is 16.4. The summed E-state index contributed by atoms with van der Waals surface area (Å²) in [5.74, 6) is 0.611. The highest BCUT2D eigenvalue weighted by Gasteiger charge is 2.55. The first-order valence-corrected chi connectivity index (χ1v) is 9.81. The molecule has 0 saturated carbocycles. The number of hydrogen-bond acceptors (Lipinski definition) is 6. The first kappa shape index (κ1) is 18.7. The van der Waals surface area contributed by atoms with Crippen molar-refractivity contribution in [1.82, 2.24) is 9.88 Å². The average Bonchev–Trinajstić information content (AvgIpc) is 3.02. The molecule has 4 rings (SSSR count). The van der Waals surface area contributed by atoms with Gasteiger partial charge in [-0.25, -0.2) is 9.88 Å². The summed E-state index contributed by atoms with van der Waals surface area (Å²) in [4.78, 5) is 20.9. The van der Waals surface area contributed by atoms with Crippen LogP contribution >= 0.6 is 0 Å². The molecular weight excluding hydrogens is 344 g/mol. The number of anilines is 2. The van der Waals surface area contributed by atoms with Crippen LogP contribution in [0.15, 0.2) is 18.3 Å². The van der Waals surface area contributed by atoms with Crippen LogP contribution in [0.1, 0.15) is 52.9 Å². The fraction of sp³-hybridized carbons (Fsp3) is 0.700. The number of nitrogens with two attached hydrogens (primary N) is 1. The van der Waals surface area contributed by atoms with E-state index in [4.69, 9.17) is 10.5 Å². The fourth-order valence-electron chi connectivity index (χ4n) is 5.18. The minimum atomic E-state index is -0.880. The number of hydrogen-bond donors (Lipinski definition) is 2. The van der Waals surface area contributed by atoms with Gasteiger partial charge in [0, 0.05) is 30.5 Å². The van der Waals surface area contributed by atoms with Crippen molar-refractivity contribution < 1.29 is 14.6 Å². The third kappa shape index (κ3) is 3.56. The number of aliphatic hydroxyl groups excluding tert-OH is 1. The van der Waals surface area contributed by atoms with Crippen LogP contribution in [0.5, 0.6) is 0 Å². The highest BCUT2D eigenvalue weighted by molar-refractivity contribution is 5.96. The van der Waals surface area contributed by atoms with Crippen molar-refractivity contribution in [2.45, 2.75) is 77.0 Å². The van der Waals surface area contributed by atoms with Crippen LogP contribution in [0.25, 0.3) is 0 Å². The first-order chi connectivity index (χ1) is 12.7. The molecule has 3 fully saturated rings. The molecule has 3 aliphatic rings. The molecule has 3 unspecified atom stereocenters. The number of aliphatic hydroxyl groups is 1. The second-order valence-corrected chi connectivity index (χ2v) is 9.39. The van der Waals surface area contributed by atoms with Crippen molar-refractivity contribution in [1.29, 1.82) is 0 Å². The lowest BCUT2D eigenvalue weighted by atomic mass is 9.74. The van der Waals surface area contributed by atoms with Gasteiger partial charge in [0.05, 0.1) is 17.5 Å². The van der Waals surface area contributed by atoms with E-state index < -0.39 is 12.0 Å². The molecule has 148 valence electrons. The second kappa shape index (κ2) is 6.43. The Hall–Kier alpha value is -1.70. The smallest absolute Gasteiger partial charge is 0.227 e. The number of carbonyl (C=O) groups is 1. The van der Waals surface area contributed by atoms with E-state index in [1.54, 1.807) is 12.3 Å². The Kier molecular flexibility index (Phi) is 4.44. The summed E-state index contributed by atoms with van der Waals surface area (Å²) in [6.45, 7) is 6.58. The predicted molar refractivity (Wildman–Crippen MR) is 103 cm³/mol. The molecule has 7 heteroatoms. The van der Waals surface area contributed by atoms with Crippen LogP contribution in [0.3, 0.4) is 0 Å². The standard InChI is InChI=1S/C20H30N4O3/c1-19(2,3)27-18(26)24-13-4-5-14(24)9-20(8-13)10-17(25)23(12-20)15-6-7-16(21)22-11-15/h6-7,11,13-14,18,26H,4-5,8-10,12H2,1-3H3,(H2,21,22). The van der Waals surface area contributed by atoms with Gasteiger partial charge in [0.1, 0.15) is 5.82 Å². The van der Waals surface area contributed by atoms with E-state index in [1.807, 2.05) is 31.7 Å². The molecule has 0 aliphatic carbocycles. The molecule has 3 atom stereocenters. The van der Waals surface area contributed by atoms with Gasteiger partial charge in [0.15, 0.2) is 0 Å². The summed E-state index contributed by atoms with van der Waals surface area (Å²) in [6, 6.07) is 4.13. The largest absolute Gasteiger partial charge is 0.384 e. The molecule has 3 aliphatic heterocycles. The van der Waals surface area contributed by atoms with Crippen molar-refractivity contribution in [3.05, 3.63) is 18.3 Å². The van der Waals surface area contributed by atoms with E-state index in [0.29, 0.717) is 18.8 Å². The van der Waals surface area contributed by atoms with Gasteiger partial charge in [0.25, 0.3) is 0 Å². The number of carbonyl (C=O) groups excluding carboxylic acids is 1. The molecular formula is C20H30N4O3. The van der Waals surface area contributed by atoms with Gasteiger partial charge in [0.2, 0.25) is 12.3 Å². The number of nitrogen functional groups attached to an aromatic ring is 1. The number of rotatable bonds is 3.